The molecule has 1 saturated heterocycles. The van der Waals surface area contributed by atoms with E-state index in [0.29, 0.717) is 5.56 Å². The first-order chi connectivity index (χ1) is 15.8. The van der Waals surface area contributed by atoms with Gasteiger partial charge in [-0.15, -0.1) is 10.2 Å². The van der Waals surface area contributed by atoms with Crippen molar-refractivity contribution in [1.82, 2.24) is 19.8 Å². The second kappa shape index (κ2) is 9.96. The first-order valence-electron chi connectivity index (χ1n) is 10.5. The molecule has 4 rings (SSSR count). The molecule has 2 N–H and O–H groups in total. The fraction of sp³-hybridized carbons (Fsp3) is 0.318. The first kappa shape index (κ1) is 23.3. The van der Waals surface area contributed by atoms with Gasteiger partial charge in [0.05, 0.1) is 0 Å². The second-order valence-corrected chi connectivity index (χ2v) is 10.8. The number of amides is 1. The zero-order valence-electron chi connectivity index (χ0n) is 18.5. The number of aryl methyl sites for hydroxylation is 1. The quantitative estimate of drug-likeness (QED) is 0.494. The van der Waals surface area contributed by atoms with Crippen molar-refractivity contribution in [2.45, 2.75) is 17.8 Å². The summed E-state index contributed by atoms with van der Waals surface area (Å²) in [6, 6.07) is 15.0. The molecule has 2 aromatic carbocycles. The zero-order valence-corrected chi connectivity index (χ0v) is 20.1. The number of carbonyl (C=O) groups excluding carboxylic acids is 1. The van der Waals surface area contributed by atoms with Crippen LogP contribution in [0.2, 0.25) is 0 Å². The average Bonchev–Trinajstić information content (AvgIpc) is 3.28. The normalized spacial score (nSPS) is 14.9. The maximum absolute atomic E-state index is 12.6. The molecule has 1 aliphatic heterocycles. The predicted molar refractivity (Wildman–Crippen MR) is 129 cm³/mol. The van der Waals surface area contributed by atoms with Crippen molar-refractivity contribution >= 4 is 38.1 Å². The minimum absolute atomic E-state index is 0.125. The highest BCUT2D eigenvalue weighted by Crippen LogP contribution is 2.22. The van der Waals surface area contributed by atoms with Crippen molar-refractivity contribution in [2.24, 2.45) is 0 Å². The van der Waals surface area contributed by atoms with Gasteiger partial charge < -0.3 is 9.80 Å². The van der Waals surface area contributed by atoms with Crippen LogP contribution in [0.5, 0.6) is 0 Å². The molecule has 0 saturated carbocycles. The molecular formula is C22H26N6O3S2. The highest BCUT2D eigenvalue weighted by Gasteiger charge is 2.21. The molecule has 0 aliphatic carbocycles. The van der Waals surface area contributed by atoms with Crippen LogP contribution in [0.15, 0.2) is 52.9 Å². The van der Waals surface area contributed by atoms with Crippen LogP contribution in [0.3, 0.4) is 0 Å². The number of hydrogen-bond acceptors (Lipinski definition) is 8. The van der Waals surface area contributed by atoms with Crippen LogP contribution in [0, 0.1) is 6.92 Å². The Labute approximate surface area is 197 Å². The number of benzene rings is 2. The number of sulfonamides is 1. The summed E-state index contributed by atoms with van der Waals surface area (Å²) in [5, 5.41) is 10.3. The number of likely N-dealkylation sites (N-methyl/N-ethyl adjacent to an activating group) is 1. The molecule has 2 heterocycles. The Morgan fingerprint density at radius 3 is 2.42 bits per heavy atom. The van der Waals surface area contributed by atoms with Crippen molar-refractivity contribution in [3.8, 4) is 0 Å². The summed E-state index contributed by atoms with van der Waals surface area (Å²) in [6.07, 6.45) is 0. The van der Waals surface area contributed by atoms with Gasteiger partial charge in [0.1, 0.15) is 0 Å². The smallest absolute Gasteiger partial charge is 0.270 e. The van der Waals surface area contributed by atoms with Gasteiger partial charge in [-0.3, -0.25) is 10.1 Å². The number of nitrogens with one attached hydrogen (secondary N) is 2. The fourth-order valence-corrected chi connectivity index (χ4v) is 5.44. The van der Waals surface area contributed by atoms with Crippen LogP contribution in [-0.2, 0) is 16.6 Å². The van der Waals surface area contributed by atoms with E-state index in [0.717, 1.165) is 54.3 Å². The summed E-state index contributed by atoms with van der Waals surface area (Å²) < 4.78 is 27.6. The van der Waals surface area contributed by atoms with E-state index >= 15 is 0 Å². The molecule has 1 amide bonds. The standard InChI is InChI=1S/C22H26N6O3S2/c1-16-5-3-4-6-19(16)20(29)24-21-25-26-22(32-21)33(30,31)23-15-17-7-9-18(10-8-17)28-13-11-27(2)12-14-28/h3-10,23H,11-15H2,1-2H3,(H,24,25,29). The van der Waals surface area contributed by atoms with E-state index in [1.165, 1.54) is 0 Å². The van der Waals surface area contributed by atoms with Gasteiger partial charge in [0.25, 0.3) is 15.9 Å². The Hall–Kier alpha value is -2.86. The summed E-state index contributed by atoms with van der Waals surface area (Å²) in [6.45, 7) is 5.96. The van der Waals surface area contributed by atoms with Crippen LogP contribution in [0.4, 0.5) is 10.8 Å². The highest BCUT2D eigenvalue weighted by atomic mass is 32.2. The third-order valence-corrected chi connectivity index (χ3v) is 8.12. The van der Waals surface area contributed by atoms with Crippen LogP contribution >= 0.6 is 11.3 Å². The molecule has 3 aromatic rings. The third kappa shape index (κ3) is 5.74. The Balaban J connectivity index is 1.35. The average molecular weight is 487 g/mol. The molecule has 33 heavy (non-hydrogen) atoms. The van der Waals surface area contributed by atoms with Crippen LogP contribution < -0.4 is 14.9 Å². The third-order valence-electron chi connectivity index (χ3n) is 5.52. The van der Waals surface area contributed by atoms with Crippen molar-refractivity contribution in [2.75, 3.05) is 43.4 Å². The van der Waals surface area contributed by atoms with Crippen molar-refractivity contribution < 1.29 is 13.2 Å². The molecule has 11 heteroatoms. The zero-order chi connectivity index (χ0) is 23.4. The van der Waals surface area contributed by atoms with Gasteiger partial charge in [-0.25, -0.2) is 13.1 Å². The van der Waals surface area contributed by atoms with Gasteiger partial charge >= 0.3 is 0 Å². The number of hydrogen-bond donors (Lipinski definition) is 2. The van der Waals surface area contributed by atoms with E-state index < -0.39 is 10.0 Å². The van der Waals surface area contributed by atoms with E-state index in [1.807, 2.05) is 43.3 Å². The topological polar surface area (TPSA) is 108 Å². The lowest BCUT2D eigenvalue weighted by atomic mass is 10.1. The van der Waals surface area contributed by atoms with Gasteiger partial charge in [-0.05, 0) is 43.3 Å². The number of aromatic nitrogens is 2. The molecule has 1 aliphatic rings. The monoisotopic (exact) mass is 486 g/mol. The molecule has 1 fully saturated rings. The summed E-state index contributed by atoms with van der Waals surface area (Å²) in [5.41, 5.74) is 3.28. The van der Waals surface area contributed by atoms with Gasteiger partial charge in [0.2, 0.25) is 9.47 Å². The summed E-state index contributed by atoms with van der Waals surface area (Å²) >= 11 is 0.810. The number of rotatable bonds is 7. The predicted octanol–water partition coefficient (Wildman–Crippen LogP) is 2.33. The molecule has 9 nitrogen and oxygen atoms in total. The highest BCUT2D eigenvalue weighted by molar-refractivity contribution is 7.91. The van der Waals surface area contributed by atoms with Gasteiger partial charge in [-0.1, -0.05) is 41.7 Å². The van der Waals surface area contributed by atoms with E-state index in [9.17, 15) is 13.2 Å². The van der Waals surface area contributed by atoms with E-state index in [-0.39, 0.29) is 21.9 Å². The summed E-state index contributed by atoms with van der Waals surface area (Å²) in [7, 11) is -1.74. The molecular weight excluding hydrogens is 460 g/mol. The Bertz CT molecular complexity index is 1220. The van der Waals surface area contributed by atoms with Crippen LogP contribution in [0.25, 0.3) is 0 Å². The maximum Gasteiger partial charge on any atom is 0.270 e. The summed E-state index contributed by atoms with van der Waals surface area (Å²) in [5.74, 6) is -0.360. The Kier molecular flexibility index (Phi) is 7.03. The van der Waals surface area contributed by atoms with Gasteiger partial charge in [0, 0.05) is 44.0 Å². The first-order valence-corrected chi connectivity index (χ1v) is 12.8. The lowest BCUT2D eigenvalue weighted by Gasteiger charge is -2.34. The molecule has 0 unspecified atom stereocenters. The number of piperazine rings is 1. The molecule has 0 radical (unpaired) electrons. The number of nitrogens with zero attached hydrogens (tertiary/aromatic N) is 4. The Morgan fingerprint density at radius 2 is 1.73 bits per heavy atom. The maximum atomic E-state index is 12.6. The molecule has 0 spiro atoms. The number of carbonyl (C=O) groups is 1. The van der Waals surface area contributed by atoms with Crippen molar-refractivity contribution in [1.29, 1.82) is 0 Å². The summed E-state index contributed by atoms with van der Waals surface area (Å²) in [4.78, 5) is 17.0. The SMILES string of the molecule is Cc1ccccc1C(=O)Nc1nnc(S(=O)(=O)NCc2ccc(N3CCN(C)CC3)cc2)s1. The molecule has 0 atom stereocenters. The lowest BCUT2D eigenvalue weighted by molar-refractivity contribution is 0.102. The molecule has 1 aromatic heterocycles. The van der Waals surface area contributed by atoms with E-state index in [4.69, 9.17) is 0 Å². The fourth-order valence-electron chi connectivity index (χ4n) is 3.49. The van der Waals surface area contributed by atoms with Gasteiger partial charge in [0.15, 0.2) is 0 Å². The van der Waals surface area contributed by atoms with Gasteiger partial charge in [-0.2, -0.15) is 0 Å². The molecule has 174 valence electrons. The minimum atomic E-state index is -3.86. The van der Waals surface area contributed by atoms with E-state index in [1.54, 1.807) is 12.1 Å². The Morgan fingerprint density at radius 1 is 1.03 bits per heavy atom. The lowest BCUT2D eigenvalue weighted by Crippen LogP contribution is -2.44. The van der Waals surface area contributed by atoms with Crippen molar-refractivity contribution in [3.05, 3.63) is 65.2 Å². The van der Waals surface area contributed by atoms with Crippen molar-refractivity contribution in [3.63, 3.8) is 0 Å². The number of anilines is 2. The van der Waals surface area contributed by atoms with Crippen LogP contribution in [0.1, 0.15) is 21.5 Å². The van der Waals surface area contributed by atoms with E-state index in [2.05, 4.69) is 37.1 Å². The second-order valence-electron chi connectivity index (χ2n) is 7.92. The minimum Gasteiger partial charge on any atom is -0.369 e. The molecule has 0 bridgehead atoms. The largest absolute Gasteiger partial charge is 0.369 e. The van der Waals surface area contributed by atoms with Crippen LogP contribution in [-0.4, -0.2) is 62.6 Å².